The second-order valence-electron chi connectivity index (χ2n) is 11.5. The molecule has 14 heteroatoms. The number of hydrogen-bond donors (Lipinski definition) is 3. The minimum absolute atomic E-state index is 0.0162. The summed E-state index contributed by atoms with van der Waals surface area (Å²) in [5.41, 5.74) is 10.3. The summed E-state index contributed by atoms with van der Waals surface area (Å²) in [7, 11) is 0. The highest BCUT2D eigenvalue weighted by molar-refractivity contribution is 6.05. The lowest BCUT2D eigenvalue weighted by atomic mass is 9.53. The van der Waals surface area contributed by atoms with E-state index in [0.29, 0.717) is 10.9 Å². The quantitative estimate of drug-likeness (QED) is 0.327. The first-order valence-electron chi connectivity index (χ1n) is 13.4. The van der Waals surface area contributed by atoms with Gasteiger partial charge in [0.25, 0.3) is 11.8 Å². The second kappa shape index (κ2) is 10.5. The molecule has 0 atom stereocenters. The number of rotatable bonds is 10. The van der Waals surface area contributed by atoms with Crippen LogP contribution < -0.4 is 26.3 Å². The molecular formula is C28H31F3N6O5. The fourth-order valence-electron chi connectivity index (χ4n) is 5.66. The van der Waals surface area contributed by atoms with Crippen LogP contribution in [0.4, 0.5) is 13.2 Å². The Labute approximate surface area is 238 Å². The van der Waals surface area contributed by atoms with E-state index in [4.69, 9.17) is 20.9 Å². The minimum atomic E-state index is -4.37. The Morgan fingerprint density at radius 3 is 2.48 bits per heavy atom. The molecule has 2 heterocycles. The van der Waals surface area contributed by atoms with Crippen LogP contribution in [0.15, 0.2) is 36.5 Å². The molecule has 0 unspecified atom stereocenters. The Morgan fingerprint density at radius 2 is 1.83 bits per heavy atom. The molecule has 1 aromatic carbocycles. The van der Waals surface area contributed by atoms with E-state index in [-0.39, 0.29) is 40.4 Å². The Kier molecular flexibility index (Phi) is 7.27. The van der Waals surface area contributed by atoms with Crippen molar-refractivity contribution < 1.29 is 37.0 Å². The largest absolute Gasteiger partial charge is 0.493 e. The maximum Gasteiger partial charge on any atom is 0.392 e. The molecule has 42 heavy (non-hydrogen) atoms. The average molecular weight is 589 g/mol. The van der Waals surface area contributed by atoms with Crippen molar-refractivity contribution in [2.75, 3.05) is 6.61 Å². The predicted octanol–water partition coefficient (Wildman–Crippen LogP) is 3.20. The van der Waals surface area contributed by atoms with Crippen LogP contribution in [-0.2, 0) is 10.3 Å². The molecule has 0 aliphatic heterocycles. The smallest absolute Gasteiger partial charge is 0.392 e. The highest BCUT2D eigenvalue weighted by Gasteiger charge is 2.54. The van der Waals surface area contributed by atoms with Crippen LogP contribution in [0.2, 0.25) is 0 Å². The van der Waals surface area contributed by atoms with Crippen LogP contribution in [0.25, 0.3) is 10.9 Å². The van der Waals surface area contributed by atoms with Crippen LogP contribution in [0.3, 0.4) is 0 Å². The van der Waals surface area contributed by atoms with Crippen molar-refractivity contribution in [3.8, 4) is 11.6 Å². The molecular weight excluding hydrogens is 557 g/mol. The van der Waals surface area contributed by atoms with Crippen LogP contribution in [0, 0.1) is 5.41 Å². The summed E-state index contributed by atoms with van der Waals surface area (Å²) in [4.78, 5) is 41.3. The maximum atomic E-state index is 13.3. The fraction of sp³-hybridized carbons (Fsp3) is 0.464. The van der Waals surface area contributed by atoms with Crippen molar-refractivity contribution in [1.29, 1.82) is 0 Å². The standard InChI is InChI=1S/C28H31F3N6O5/c1-26(2,25(33)40)37-20-10-16(41-9-7-28(29,30)31)5-6-18(20)21(36-37)23(39)35-15-11-27(12-15)13-17(14-27)42-24-19(22(32)38)4-3-8-34-24/h3-6,8,10,15,17H,7,9,11-14H2,1-2H3,(H2,32,38)(H2,33,40)(H,35,39). The Bertz CT molecular complexity index is 1540. The van der Waals surface area contributed by atoms with Crippen molar-refractivity contribution in [2.45, 2.75) is 69.8 Å². The number of ether oxygens (including phenoxy) is 2. The summed E-state index contributed by atoms with van der Waals surface area (Å²) in [6, 6.07) is 7.49. The molecule has 3 amide bonds. The normalized spacial score (nSPS) is 21.8. The van der Waals surface area contributed by atoms with E-state index < -0.39 is 42.5 Å². The van der Waals surface area contributed by atoms with E-state index in [1.165, 1.54) is 42.9 Å². The van der Waals surface area contributed by atoms with Gasteiger partial charge in [0.1, 0.15) is 23.0 Å². The number of amides is 3. The molecule has 0 bridgehead atoms. The van der Waals surface area contributed by atoms with Gasteiger partial charge >= 0.3 is 6.18 Å². The summed E-state index contributed by atoms with van der Waals surface area (Å²) in [6.07, 6.45) is -1.13. The van der Waals surface area contributed by atoms with E-state index in [2.05, 4.69) is 15.4 Å². The van der Waals surface area contributed by atoms with Gasteiger partial charge in [-0.2, -0.15) is 18.3 Å². The van der Waals surface area contributed by atoms with Gasteiger partial charge in [-0.1, -0.05) is 0 Å². The lowest BCUT2D eigenvalue weighted by Crippen LogP contribution is -2.58. The van der Waals surface area contributed by atoms with Gasteiger partial charge in [-0.3, -0.25) is 14.4 Å². The predicted molar refractivity (Wildman–Crippen MR) is 144 cm³/mol. The summed E-state index contributed by atoms with van der Waals surface area (Å²) in [5.74, 6) is -1.42. The molecule has 11 nitrogen and oxygen atoms in total. The molecule has 2 aliphatic rings. The van der Waals surface area contributed by atoms with E-state index in [1.54, 1.807) is 12.1 Å². The van der Waals surface area contributed by atoms with Crippen LogP contribution in [0.1, 0.15) is 66.8 Å². The first kappa shape index (κ1) is 29.1. The summed E-state index contributed by atoms with van der Waals surface area (Å²) < 4.78 is 50.1. The molecule has 2 saturated carbocycles. The van der Waals surface area contributed by atoms with Crippen molar-refractivity contribution in [3.63, 3.8) is 0 Å². The average Bonchev–Trinajstić information content (AvgIpc) is 3.25. The van der Waals surface area contributed by atoms with Gasteiger partial charge in [-0.25, -0.2) is 9.67 Å². The number of benzene rings is 1. The third-order valence-electron chi connectivity index (χ3n) is 7.98. The molecule has 5 N–H and O–H groups in total. The van der Waals surface area contributed by atoms with E-state index in [0.717, 1.165) is 25.7 Å². The van der Waals surface area contributed by atoms with E-state index in [9.17, 15) is 27.6 Å². The number of halogens is 3. The van der Waals surface area contributed by atoms with Crippen LogP contribution in [-0.4, -0.2) is 57.4 Å². The van der Waals surface area contributed by atoms with Crippen LogP contribution >= 0.6 is 0 Å². The Balaban J connectivity index is 1.25. The number of carbonyl (C=O) groups excluding carboxylic acids is 3. The monoisotopic (exact) mass is 588 g/mol. The van der Waals surface area contributed by atoms with Gasteiger partial charge < -0.3 is 26.3 Å². The third-order valence-corrected chi connectivity index (χ3v) is 7.98. The number of nitrogens with zero attached hydrogens (tertiary/aromatic N) is 3. The number of aromatic nitrogens is 3. The molecule has 0 saturated heterocycles. The lowest BCUT2D eigenvalue weighted by Gasteiger charge is -2.57. The van der Waals surface area contributed by atoms with Crippen molar-refractivity contribution in [3.05, 3.63) is 47.8 Å². The van der Waals surface area contributed by atoms with Gasteiger partial charge in [0.05, 0.1) is 18.5 Å². The number of alkyl halides is 3. The van der Waals surface area contributed by atoms with E-state index >= 15 is 0 Å². The Morgan fingerprint density at radius 1 is 1.12 bits per heavy atom. The SMILES string of the molecule is CC(C)(C(N)=O)n1nc(C(=O)NC2CC3(C2)CC(Oc2ncccc2C(N)=O)C3)c2ccc(OCCC(F)(F)F)cc21. The molecule has 1 spiro atoms. The topological polar surface area (TPSA) is 164 Å². The first-order chi connectivity index (χ1) is 19.7. The summed E-state index contributed by atoms with van der Waals surface area (Å²) in [5, 5.41) is 7.80. The number of primary amides is 2. The highest BCUT2D eigenvalue weighted by atomic mass is 19.4. The molecule has 2 aromatic heterocycles. The molecule has 5 rings (SSSR count). The van der Waals surface area contributed by atoms with Gasteiger partial charge in [0, 0.05) is 23.7 Å². The van der Waals surface area contributed by atoms with Gasteiger partial charge in [-0.05, 0) is 69.2 Å². The molecule has 2 fully saturated rings. The first-order valence-corrected chi connectivity index (χ1v) is 13.4. The zero-order chi connectivity index (χ0) is 30.4. The fourth-order valence-corrected chi connectivity index (χ4v) is 5.66. The molecule has 224 valence electrons. The van der Waals surface area contributed by atoms with Gasteiger partial charge in [-0.15, -0.1) is 0 Å². The molecule has 2 aliphatic carbocycles. The second-order valence-corrected chi connectivity index (χ2v) is 11.5. The highest BCUT2D eigenvalue weighted by Crippen LogP contribution is 2.56. The van der Waals surface area contributed by atoms with E-state index in [1.807, 2.05) is 0 Å². The van der Waals surface area contributed by atoms with Gasteiger partial charge in [0.15, 0.2) is 5.69 Å². The third kappa shape index (κ3) is 5.70. The lowest BCUT2D eigenvalue weighted by molar-refractivity contribution is -0.139. The van der Waals surface area contributed by atoms with Crippen molar-refractivity contribution in [1.82, 2.24) is 20.1 Å². The number of carbonyl (C=O) groups is 3. The molecule has 3 aromatic rings. The number of nitrogens with one attached hydrogen (secondary N) is 1. The zero-order valence-corrected chi connectivity index (χ0v) is 23.0. The zero-order valence-electron chi connectivity index (χ0n) is 23.0. The Hall–Kier alpha value is -4.36. The van der Waals surface area contributed by atoms with Gasteiger partial charge in [0.2, 0.25) is 11.8 Å². The number of hydrogen-bond acceptors (Lipinski definition) is 7. The molecule has 0 radical (unpaired) electrons. The number of fused-ring (bicyclic) bond motifs is 1. The van der Waals surface area contributed by atoms with Crippen molar-refractivity contribution in [2.24, 2.45) is 16.9 Å². The number of nitrogens with two attached hydrogens (primary N) is 2. The number of pyridine rings is 1. The van der Waals surface area contributed by atoms with Crippen LogP contribution in [0.5, 0.6) is 11.6 Å². The summed E-state index contributed by atoms with van der Waals surface area (Å²) in [6.45, 7) is 2.48. The maximum absolute atomic E-state index is 13.3. The van der Waals surface area contributed by atoms with Crippen molar-refractivity contribution >= 4 is 28.6 Å². The summed E-state index contributed by atoms with van der Waals surface area (Å²) >= 11 is 0. The minimum Gasteiger partial charge on any atom is -0.493 e.